The summed E-state index contributed by atoms with van der Waals surface area (Å²) in [5.41, 5.74) is 3.02. The molecule has 2 aromatic rings. The van der Waals surface area contributed by atoms with Gasteiger partial charge in [0.1, 0.15) is 19.1 Å². The molecule has 1 atom stereocenters. The van der Waals surface area contributed by atoms with Crippen molar-refractivity contribution in [2.75, 3.05) is 26.5 Å². The lowest BCUT2D eigenvalue weighted by atomic mass is 9.92. The van der Waals surface area contributed by atoms with Crippen LogP contribution >= 0.6 is 0 Å². The van der Waals surface area contributed by atoms with Crippen LogP contribution in [0.2, 0.25) is 25.7 Å². The maximum Gasteiger partial charge on any atom is 0.409 e. The number of oxazole rings is 1. The molecule has 1 aromatic carbocycles. The van der Waals surface area contributed by atoms with Crippen LogP contribution in [-0.4, -0.2) is 55.6 Å². The molecule has 3 rings (SSSR count). The minimum Gasteiger partial charge on any atom is -0.465 e. The Hall–Kier alpha value is -2.16. The van der Waals surface area contributed by atoms with E-state index in [0.29, 0.717) is 19.1 Å². The second-order valence-electron chi connectivity index (χ2n) is 8.17. The van der Waals surface area contributed by atoms with Gasteiger partial charge >= 0.3 is 6.09 Å². The van der Waals surface area contributed by atoms with Crippen molar-refractivity contribution in [3.8, 4) is 11.5 Å². The van der Waals surface area contributed by atoms with Crippen LogP contribution in [0.3, 0.4) is 0 Å². The SMILES string of the molecule is C[Si](C)(C)CCOCN(CC1OCCc2c(-c3ncco3)cccc21)C(=O)O. The minimum atomic E-state index is -1.21. The summed E-state index contributed by atoms with van der Waals surface area (Å²) in [5, 5.41) is 9.59. The molecule has 1 N–H and O–H groups in total. The molecule has 0 saturated heterocycles. The zero-order valence-corrected chi connectivity index (χ0v) is 17.7. The number of benzene rings is 1. The van der Waals surface area contributed by atoms with E-state index in [2.05, 4.69) is 24.6 Å². The van der Waals surface area contributed by atoms with Gasteiger partial charge in [0.15, 0.2) is 0 Å². The van der Waals surface area contributed by atoms with Gasteiger partial charge in [-0.25, -0.2) is 9.78 Å². The lowest BCUT2D eigenvalue weighted by molar-refractivity contribution is -0.0171. The van der Waals surface area contributed by atoms with Crippen LogP contribution in [0.15, 0.2) is 35.1 Å². The van der Waals surface area contributed by atoms with Gasteiger partial charge in [0.05, 0.1) is 19.3 Å². The van der Waals surface area contributed by atoms with Crippen molar-refractivity contribution >= 4 is 14.2 Å². The maximum absolute atomic E-state index is 11.7. The Morgan fingerprint density at radius 3 is 2.89 bits per heavy atom. The summed E-state index contributed by atoms with van der Waals surface area (Å²) in [4.78, 5) is 17.2. The highest BCUT2D eigenvalue weighted by molar-refractivity contribution is 6.76. The quantitative estimate of drug-likeness (QED) is 0.402. The number of carboxylic acid groups (broad SMARTS) is 1. The lowest BCUT2D eigenvalue weighted by Crippen LogP contribution is -2.38. The van der Waals surface area contributed by atoms with E-state index in [1.54, 1.807) is 12.5 Å². The summed E-state index contributed by atoms with van der Waals surface area (Å²) in [6.45, 7) is 8.19. The summed E-state index contributed by atoms with van der Waals surface area (Å²) >= 11 is 0. The highest BCUT2D eigenvalue weighted by Crippen LogP contribution is 2.34. The molecule has 0 aliphatic carbocycles. The summed E-state index contributed by atoms with van der Waals surface area (Å²) in [5.74, 6) is 0.572. The second-order valence-corrected chi connectivity index (χ2v) is 13.8. The van der Waals surface area contributed by atoms with Crippen LogP contribution in [0.25, 0.3) is 11.5 Å². The highest BCUT2D eigenvalue weighted by Gasteiger charge is 2.28. The van der Waals surface area contributed by atoms with Crippen molar-refractivity contribution in [3.05, 3.63) is 41.8 Å². The molecule has 1 aliphatic heterocycles. The third kappa shape index (κ3) is 5.21. The van der Waals surface area contributed by atoms with Crippen molar-refractivity contribution in [1.82, 2.24) is 9.88 Å². The fourth-order valence-corrected chi connectivity index (χ4v) is 3.98. The summed E-state index contributed by atoms with van der Waals surface area (Å²) in [6.07, 6.45) is 2.57. The standard InChI is InChI=1S/C20H28N2O5Si/c1-28(2,3)12-11-25-14-22(20(23)24)13-18-16-5-4-6-17(15(16)7-9-26-18)19-21-8-10-27-19/h4-6,8,10,18H,7,9,11-14H2,1-3H3,(H,23,24). The van der Waals surface area contributed by atoms with E-state index >= 15 is 0 Å². The van der Waals surface area contributed by atoms with Gasteiger partial charge < -0.3 is 19.0 Å². The van der Waals surface area contributed by atoms with E-state index in [9.17, 15) is 9.90 Å². The molecule has 1 amide bonds. The zero-order valence-electron chi connectivity index (χ0n) is 16.7. The number of carbonyl (C=O) groups is 1. The van der Waals surface area contributed by atoms with Gasteiger partial charge in [0.2, 0.25) is 5.89 Å². The molecule has 8 heteroatoms. The van der Waals surface area contributed by atoms with Crippen LogP contribution in [0, 0.1) is 0 Å². The van der Waals surface area contributed by atoms with Crippen molar-refractivity contribution in [2.45, 2.75) is 38.2 Å². The molecule has 0 saturated carbocycles. The molecule has 0 radical (unpaired) electrons. The van der Waals surface area contributed by atoms with Crippen molar-refractivity contribution < 1.29 is 23.8 Å². The van der Waals surface area contributed by atoms with Crippen LogP contribution in [0.1, 0.15) is 17.2 Å². The number of aromatic nitrogens is 1. The van der Waals surface area contributed by atoms with E-state index in [1.807, 2.05) is 18.2 Å². The first-order valence-corrected chi connectivity index (χ1v) is 13.2. The molecule has 28 heavy (non-hydrogen) atoms. The van der Waals surface area contributed by atoms with Gasteiger partial charge in [0, 0.05) is 20.2 Å². The number of amides is 1. The van der Waals surface area contributed by atoms with Crippen LogP contribution in [-0.2, 0) is 15.9 Å². The van der Waals surface area contributed by atoms with Crippen LogP contribution in [0.4, 0.5) is 4.79 Å². The lowest BCUT2D eigenvalue weighted by Gasteiger charge is -2.31. The molecule has 0 spiro atoms. The first-order valence-electron chi connectivity index (χ1n) is 9.54. The molecule has 1 aliphatic rings. The van der Waals surface area contributed by atoms with Gasteiger partial charge in [-0.2, -0.15) is 0 Å². The number of hydrogen-bond donors (Lipinski definition) is 1. The Morgan fingerprint density at radius 1 is 1.39 bits per heavy atom. The number of nitrogens with zero attached hydrogens (tertiary/aromatic N) is 2. The fraction of sp³-hybridized carbons (Fsp3) is 0.500. The number of fused-ring (bicyclic) bond motifs is 1. The molecule has 152 valence electrons. The normalized spacial score (nSPS) is 16.6. The third-order valence-corrected chi connectivity index (χ3v) is 6.50. The number of ether oxygens (including phenoxy) is 2. The molecule has 0 bridgehead atoms. The summed E-state index contributed by atoms with van der Waals surface area (Å²) in [6, 6.07) is 6.89. The fourth-order valence-electron chi connectivity index (χ4n) is 3.23. The topological polar surface area (TPSA) is 85.0 Å². The van der Waals surface area contributed by atoms with E-state index in [-0.39, 0.29) is 19.4 Å². The van der Waals surface area contributed by atoms with Crippen LogP contribution in [0.5, 0.6) is 0 Å². The molecule has 1 unspecified atom stereocenters. The Bertz CT molecular complexity index is 788. The van der Waals surface area contributed by atoms with E-state index < -0.39 is 14.2 Å². The Labute approximate surface area is 166 Å². The van der Waals surface area contributed by atoms with E-state index in [1.165, 1.54) is 4.90 Å². The monoisotopic (exact) mass is 404 g/mol. The second kappa shape index (κ2) is 8.89. The average Bonchev–Trinajstić information content (AvgIpc) is 3.17. The van der Waals surface area contributed by atoms with Gasteiger partial charge in [-0.05, 0) is 29.7 Å². The average molecular weight is 405 g/mol. The van der Waals surface area contributed by atoms with E-state index in [0.717, 1.165) is 29.2 Å². The predicted molar refractivity (Wildman–Crippen MR) is 108 cm³/mol. The Morgan fingerprint density at radius 2 is 2.21 bits per heavy atom. The largest absolute Gasteiger partial charge is 0.465 e. The van der Waals surface area contributed by atoms with Crippen molar-refractivity contribution in [1.29, 1.82) is 0 Å². The van der Waals surface area contributed by atoms with Gasteiger partial charge in [-0.15, -0.1) is 0 Å². The minimum absolute atomic E-state index is 0.0500. The third-order valence-electron chi connectivity index (χ3n) is 4.79. The zero-order chi connectivity index (χ0) is 20.1. The molecule has 2 heterocycles. The summed E-state index contributed by atoms with van der Waals surface area (Å²) < 4.78 is 17.0. The molecular formula is C20H28N2O5Si. The van der Waals surface area contributed by atoms with Gasteiger partial charge in [0.25, 0.3) is 0 Å². The Balaban J connectivity index is 1.70. The number of hydrogen-bond acceptors (Lipinski definition) is 5. The smallest absolute Gasteiger partial charge is 0.409 e. The van der Waals surface area contributed by atoms with Crippen LogP contribution < -0.4 is 0 Å². The molecule has 0 fully saturated rings. The maximum atomic E-state index is 11.7. The number of rotatable bonds is 8. The first kappa shape index (κ1) is 20.6. The van der Waals surface area contributed by atoms with Crippen molar-refractivity contribution in [2.24, 2.45) is 0 Å². The first-order chi connectivity index (χ1) is 13.3. The Kier molecular flexibility index (Phi) is 6.53. The highest BCUT2D eigenvalue weighted by atomic mass is 28.3. The van der Waals surface area contributed by atoms with Gasteiger partial charge in [-0.1, -0.05) is 31.8 Å². The van der Waals surface area contributed by atoms with E-state index in [4.69, 9.17) is 13.9 Å². The molecule has 7 nitrogen and oxygen atoms in total. The van der Waals surface area contributed by atoms with Gasteiger partial charge in [-0.3, -0.25) is 4.90 Å². The molecular weight excluding hydrogens is 376 g/mol. The predicted octanol–water partition coefficient (Wildman–Crippen LogP) is 4.25. The van der Waals surface area contributed by atoms with Crippen molar-refractivity contribution in [3.63, 3.8) is 0 Å². The summed E-state index contributed by atoms with van der Waals surface area (Å²) in [7, 11) is -1.21. The molecule has 1 aromatic heterocycles.